The Morgan fingerprint density at radius 1 is 1.09 bits per heavy atom. The molecule has 0 heterocycles. The topological polar surface area (TPSA) is 79.2 Å². The van der Waals surface area contributed by atoms with Gasteiger partial charge >= 0.3 is 0 Å². The zero-order valence-electron chi connectivity index (χ0n) is 12.5. The van der Waals surface area contributed by atoms with Crippen molar-refractivity contribution in [3.8, 4) is 11.8 Å². The maximum absolute atomic E-state index is 12.5. The van der Waals surface area contributed by atoms with Gasteiger partial charge in [-0.15, -0.1) is 0 Å². The number of rotatable bonds is 5. The van der Waals surface area contributed by atoms with Crippen molar-refractivity contribution in [2.45, 2.75) is 24.2 Å². The number of nitrogens with one attached hydrogen (secondary N) is 1. The van der Waals surface area contributed by atoms with Crippen molar-refractivity contribution in [2.24, 2.45) is 0 Å². The number of ether oxygens (including phenoxy) is 1. The number of anilines is 1. The third kappa shape index (κ3) is 3.46. The summed E-state index contributed by atoms with van der Waals surface area (Å²) in [5.41, 5.74) is 2.81. The first-order chi connectivity index (χ1) is 11.1. The van der Waals surface area contributed by atoms with Crippen LogP contribution in [0, 0.1) is 11.3 Å². The van der Waals surface area contributed by atoms with Gasteiger partial charge in [-0.25, -0.2) is 8.42 Å². The van der Waals surface area contributed by atoms with Crippen LogP contribution in [-0.2, 0) is 22.9 Å². The molecule has 0 aromatic heterocycles. The summed E-state index contributed by atoms with van der Waals surface area (Å²) in [6.07, 6.45) is 3.04. The van der Waals surface area contributed by atoms with Crippen molar-refractivity contribution in [3.05, 3.63) is 53.6 Å². The smallest absolute Gasteiger partial charge is 0.261 e. The van der Waals surface area contributed by atoms with Gasteiger partial charge in [-0.05, 0) is 66.8 Å². The Bertz CT molecular complexity index is 852. The minimum Gasteiger partial charge on any atom is -0.479 e. The van der Waals surface area contributed by atoms with Gasteiger partial charge in [0.25, 0.3) is 10.0 Å². The summed E-state index contributed by atoms with van der Waals surface area (Å²) >= 11 is 0. The zero-order chi connectivity index (χ0) is 16.3. The van der Waals surface area contributed by atoms with Crippen LogP contribution >= 0.6 is 0 Å². The average molecular weight is 328 g/mol. The fraction of sp³-hybridized carbons (Fsp3) is 0.235. The number of benzene rings is 2. The molecule has 6 heteroatoms. The second-order valence-corrected chi connectivity index (χ2v) is 7.04. The summed E-state index contributed by atoms with van der Waals surface area (Å²) in [7, 11) is -3.61. The Balaban J connectivity index is 1.77. The predicted molar refractivity (Wildman–Crippen MR) is 86.8 cm³/mol. The van der Waals surface area contributed by atoms with Crippen molar-refractivity contribution < 1.29 is 13.2 Å². The molecule has 0 radical (unpaired) electrons. The van der Waals surface area contributed by atoms with Crippen LogP contribution in [0.2, 0.25) is 0 Å². The van der Waals surface area contributed by atoms with Crippen molar-refractivity contribution >= 4 is 15.7 Å². The Morgan fingerprint density at radius 3 is 2.57 bits per heavy atom. The van der Waals surface area contributed by atoms with Crippen molar-refractivity contribution in [3.63, 3.8) is 0 Å². The summed E-state index contributed by atoms with van der Waals surface area (Å²) in [6.45, 7) is -0.0415. The van der Waals surface area contributed by atoms with Gasteiger partial charge in [0.1, 0.15) is 11.8 Å². The SMILES string of the molecule is N#CCOc1ccc(NS(=O)(=O)c2ccc3c(c2)CCC3)cc1. The number of sulfonamides is 1. The molecular formula is C17H16N2O3S. The molecule has 0 bridgehead atoms. The minimum absolute atomic E-state index is 0.0415. The van der Waals surface area contributed by atoms with Crippen molar-refractivity contribution in [1.29, 1.82) is 5.26 Å². The van der Waals surface area contributed by atoms with E-state index >= 15 is 0 Å². The lowest BCUT2D eigenvalue weighted by atomic mass is 10.1. The number of hydrogen-bond acceptors (Lipinski definition) is 4. The van der Waals surface area contributed by atoms with Crippen molar-refractivity contribution in [2.75, 3.05) is 11.3 Å². The summed E-state index contributed by atoms with van der Waals surface area (Å²) in [6, 6.07) is 13.6. The molecule has 0 amide bonds. The largest absolute Gasteiger partial charge is 0.479 e. The highest BCUT2D eigenvalue weighted by atomic mass is 32.2. The van der Waals surface area contributed by atoms with Crippen LogP contribution in [-0.4, -0.2) is 15.0 Å². The molecule has 1 aliphatic rings. The van der Waals surface area contributed by atoms with Crippen LogP contribution in [0.3, 0.4) is 0 Å². The molecule has 0 atom stereocenters. The molecule has 0 saturated heterocycles. The summed E-state index contributed by atoms with van der Waals surface area (Å²) in [5, 5.41) is 8.46. The molecule has 0 aliphatic heterocycles. The highest BCUT2D eigenvalue weighted by molar-refractivity contribution is 7.92. The lowest BCUT2D eigenvalue weighted by molar-refractivity contribution is 0.368. The van der Waals surface area contributed by atoms with E-state index in [2.05, 4.69) is 4.72 Å². The van der Waals surface area contributed by atoms with Gasteiger partial charge in [-0.3, -0.25) is 4.72 Å². The molecule has 0 saturated carbocycles. The molecule has 2 aromatic carbocycles. The van der Waals surface area contributed by atoms with Crippen LogP contribution in [0.5, 0.6) is 5.75 Å². The summed E-state index contributed by atoms with van der Waals surface area (Å²) in [5.74, 6) is 0.520. The van der Waals surface area contributed by atoms with Crippen LogP contribution in [0.4, 0.5) is 5.69 Å². The Kier molecular flexibility index (Phi) is 4.22. The maximum Gasteiger partial charge on any atom is 0.261 e. The first-order valence-corrected chi connectivity index (χ1v) is 8.81. The number of nitriles is 1. The fourth-order valence-electron chi connectivity index (χ4n) is 2.66. The molecule has 23 heavy (non-hydrogen) atoms. The Labute approximate surface area is 135 Å². The predicted octanol–water partition coefficient (Wildman–Crippen LogP) is 2.88. The third-order valence-electron chi connectivity index (χ3n) is 3.79. The first-order valence-electron chi connectivity index (χ1n) is 7.33. The second-order valence-electron chi connectivity index (χ2n) is 5.36. The van der Waals surface area contributed by atoms with E-state index in [0.717, 1.165) is 24.8 Å². The van der Waals surface area contributed by atoms with Crippen LogP contribution in [0.15, 0.2) is 47.4 Å². The lowest BCUT2D eigenvalue weighted by Gasteiger charge is -2.10. The molecule has 118 valence electrons. The van der Waals surface area contributed by atoms with E-state index < -0.39 is 10.0 Å². The second kappa shape index (κ2) is 6.31. The van der Waals surface area contributed by atoms with Crippen LogP contribution in [0.1, 0.15) is 17.5 Å². The van der Waals surface area contributed by atoms with Crippen molar-refractivity contribution in [1.82, 2.24) is 0 Å². The van der Waals surface area contributed by atoms with Gasteiger partial charge in [0.15, 0.2) is 6.61 Å². The number of fused-ring (bicyclic) bond motifs is 1. The third-order valence-corrected chi connectivity index (χ3v) is 5.17. The van der Waals surface area contributed by atoms with Crippen LogP contribution in [0.25, 0.3) is 0 Å². The molecule has 0 fully saturated rings. The van der Waals surface area contributed by atoms with Gasteiger partial charge < -0.3 is 4.74 Å². The van der Waals surface area contributed by atoms with Gasteiger partial charge in [-0.2, -0.15) is 5.26 Å². The molecular weight excluding hydrogens is 312 g/mol. The van der Waals surface area contributed by atoms with Gasteiger partial charge in [0.2, 0.25) is 0 Å². The number of nitrogens with zero attached hydrogens (tertiary/aromatic N) is 1. The molecule has 0 unspecified atom stereocenters. The molecule has 1 aliphatic carbocycles. The van der Waals surface area contributed by atoms with E-state index in [1.54, 1.807) is 36.4 Å². The van der Waals surface area contributed by atoms with E-state index in [1.807, 2.05) is 12.1 Å². The van der Waals surface area contributed by atoms with E-state index in [-0.39, 0.29) is 11.5 Å². The molecule has 5 nitrogen and oxygen atoms in total. The van der Waals surface area contributed by atoms with E-state index in [1.165, 1.54) is 5.56 Å². The molecule has 1 N–H and O–H groups in total. The van der Waals surface area contributed by atoms with Gasteiger partial charge in [-0.1, -0.05) is 6.07 Å². The Hall–Kier alpha value is -2.52. The first kappa shape index (κ1) is 15.4. The van der Waals surface area contributed by atoms with E-state index in [0.29, 0.717) is 11.4 Å². The summed E-state index contributed by atoms with van der Waals surface area (Å²) < 4.78 is 32.6. The van der Waals surface area contributed by atoms with E-state index in [9.17, 15) is 8.42 Å². The highest BCUT2D eigenvalue weighted by Crippen LogP contribution is 2.26. The highest BCUT2D eigenvalue weighted by Gasteiger charge is 2.18. The van der Waals surface area contributed by atoms with Gasteiger partial charge in [0, 0.05) is 5.69 Å². The van der Waals surface area contributed by atoms with Gasteiger partial charge in [0.05, 0.1) is 4.90 Å². The monoisotopic (exact) mass is 328 g/mol. The molecule has 2 aromatic rings. The Morgan fingerprint density at radius 2 is 1.83 bits per heavy atom. The number of aryl methyl sites for hydroxylation is 2. The summed E-state index contributed by atoms with van der Waals surface area (Å²) in [4.78, 5) is 0.281. The quantitative estimate of drug-likeness (QED) is 0.915. The molecule has 3 rings (SSSR count). The molecule has 0 spiro atoms. The van der Waals surface area contributed by atoms with E-state index in [4.69, 9.17) is 10.00 Å². The number of hydrogen-bond donors (Lipinski definition) is 1. The normalized spacial score (nSPS) is 13.2. The zero-order valence-corrected chi connectivity index (χ0v) is 13.3. The standard InChI is InChI=1S/C17H16N2O3S/c18-10-11-22-16-7-5-15(6-8-16)19-23(20,21)17-9-4-13-2-1-3-14(13)12-17/h4-9,12,19H,1-3,11H2. The average Bonchev–Trinajstić information content (AvgIpc) is 3.01. The fourth-order valence-corrected chi connectivity index (χ4v) is 3.77. The lowest BCUT2D eigenvalue weighted by Crippen LogP contribution is -2.13. The maximum atomic E-state index is 12.5. The minimum atomic E-state index is -3.61. The van der Waals surface area contributed by atoms with Crippen LogP contribution < -0.4 is 9.46 Å².